The van der Waals surface area contributed by atoms with Crippen molar-refractivity contribution >= 4 is 58.9 Å². The van der Waals surface area contributed by atoms with Crippen LogP contribution in [0.5, 0.6) is 0 Å². The molecule has 1 N–H and O–H groups in total. The molecule has 0 radical (unpaired) electrons. The smallest absolute Gasteiger partial charge is 0.303 e. The first kappa shape index (κ1) is 26.8. The number of nitrogens with zero attached hydrogens (tertiary/aromatic N) is 5. The lowest BCUT2D eigenvalue weighted by Gasteiger charge is -2.32. The van der Waals surface area contributed by atoms with Crippen LogP contribution in [0, 0.1) is 0 Å². The normalized spacial score (nSPS) is 18.8. The molecule has 2 heterocycles. The maximum absolute atomic E-state index is 11.5. The Labute approximate surface area is 226 Å². The van der Waals surface area contributed by atoms with Crippen LogP contribution in [0.1, 0.15) is 44.2 Å². The molecule has 4 rings (SSSR count). The van der Waals surface area contributed by atoms with Crippen LogP contribution in [-0.4, -0.2) is 70.0 Å². The monoisotopic (exact) mass is 547 g/mol. The van der Waals surface area contributed by atoms with Gasteiger partial charge in [-0.3, -0.25) is 9.79 Å². The molecule has 0 unspecified atom stereocenters. The van der Waals surface area contributed by atoms with E-state index >= 15 is 0 Å². The van der Waals surface area contributed by atoms with E-state index in [9.17, 15) is 9.90 Å². The number of aliphatic imine (C=N–C) groups is 1. The molecule has 7 nitrogen and oxygen atoms in total. The fourth-order valence-electron chi connectivity index (χ4n) is 4.56. The molecular weight excluding hydrogens is 517 g/mol. The summed E-state index contributed by atoms with van der Waals surface area (Å²) in [6.45, 7) is 7.46. The molecule has 2 aliphatic heterocycles. The summed E-state index contributed by atoms with van der Waals surface area (Å²) in [4.78, 5) is 21.2. The number of aliphatic carboxylic acids is 1. The van der Waals surface area contributed by atoms with Gasteiger partial charge >= 0.3 is 5.97 Å². The molecule has 192 valence electrons. The van der Waals surface area contributed by atoms with Gasteiger partial charge in [0, 0.05) is 33.3 Å². The minimum Gasteiger partial charge on any atom is -0.481 e. The van der Waals surface area contributed by atoms with Gasteiger partial charge in [-0.15, -0.1) is 0 Å². The lowest BCUT2D eigenvalue weighted by Crippen LogP contribution is -2.45. The predicted molar refractivity (Wildman–Crippen MR) is 151 cm³/mol. The first-order valence-electron chi connectivity index (χ1n) is 12.2. The maximum atomic E-state index is 11.5. The SMILES string of the molecule is CCN(CC)CCCSN1N=CN2c3ccc(Cl)cc3C(c3ccccc3Cl)=N[C@@H](CCC(=O)O)[C@H]12. The number of hydrogen-bond acceptors (Lipinski definition) is 7. The number of benzene rings is 2. The lowest BCUT2D eigenvalue weighted by atomic mass is 10.00. The van der Waals surface area contributed by atoms with Gasteiger partial charge in [0.05, 0.1) is 17.4 Å². The quantitative estimate of drug-likeness (QED) is 0.281. The second-order valence-corrected chi connectivity index (χ2v) is 10.6. The fraction of sp³-hybridized carbons (Fsp3) is 0.423. The highest BCUT2D eigenvalue weighted by molar-refractivity contribution is 7.97. The highest BCUT2D eigenvalue weighted by atomic mass is 35.5. The maximum Gasteiger partial charge on any atom is 0.303 e. The number of carboxylic acids is 1. The standard InChI is InChI=1S/C26H31Cl2N5O2S/c1-3-31(4-2)14-7-15-36-33-26-22(11-13-24(34)35)30-25(19-8-5-6-9-21(19)28)20-16-18(27)10-12-23(20)32(26)17-29-33/h5-6,8-10,12,16-17,22,26H,3-4,7,11,13-15H2,1-2H3,(H,34,35)/t22-,26-/m0/s1. The van der Waals surface area contributed by atoms with Crippen LogP contribution in [0.15, 0.2) is 52.6 Å². The first-order valence-corrected chi connectivity index (χ1v) is 13.9. The van der Waals surface area contributed by atoms with E-state index in [2.05, 4.69) is 23.6 Å². The van der Waals surface area contributed by atoms with E-state index in [4.69, 9.17) is 33.3 Å². The number of hydrogen-bond donors (Lipinski definition) is 1. The third-order valence-electron chi connectivity index (χ3n) is 6.45. The third kappa shape index (κ3) is 5.99. The van der Waals surface area contributed by atoms with Gasteiger partial charge in [0.15, 0.2) is 6.17 Å². The van der Waals surface area contributed by atoms with Crippen LogP contribution in [0.25, 0.3) is 0 Å². The summed E-state index contributed by atoms with van der Waals surface area (Å²) in [7, 11) is 0. The molecule has 10 heteroatoms. The molecule has 0 amide bonds. The Morgan fingerprint density at radius 2 is 1.92 bits per heavy atom. The van der Waals surface area contributed by atoms with Gasteiger partial charge in [0.25, 0.3) is 0 Å². The van der Waals surface area contributed by atoms with Crippen molar-refractivity contribution in [1.82, 2.24) is 9.31 Å². The Morgan fingerprint density at radius 1 is 1.14 bits per heavy atom. The van der Waals surface area contributed by atoms with E-state index in [1.165, 1.54) is 0 Å². The summed E-state index contributed by atoms with van der Waals surface area (Å²) in [5.41, 5.74) is 3.26. The minimum absolute atomic E-state index is 0.00583. The number of rotatable bonds is 11. The number of hydrazone groups is 1. The zero-order chi connectivity index (χ0) is 25.7. The number of carboxylic acid groups (broad SMARTS) is 1. The Hall–Kier alpha value is -2.26. The van der Waals surface area contributed by atoms with Gasteiger partial charge in [-0.25, -0.2) is 4.41 Å². The van der Waals surface area contributed by atoms with Crippen LogP contribution in [0.3, 0.4) is 0 Å². The van der Waals surface area contributed by atoms with Crippen LogP contribution >= 0.6 is 35.1 Å². The van der Waals surface area contributed by atoms with Gasteiger partial charge in [-0.2, -0.15) is 5.10 Å². The Morgan fingerprint density at radius 3 is 2.64 bits per heavy atom. The molecule has 0 spiro atoms. The molecule has 0 fully saturated rings. The largest absolute Gasteiger partial charge is 0.481 e. The Balaban J connectivity index is 1.70. The van der Waals surface area contributed by atoms with Crippen molar-refractivity contribution < 1.29 is 9.90 Å². The number of anilines is 1. The summed E-state index contributed by atoms with van der Waals surface area (Å²) >= 11 is 14.7. The van der Waals surface area contributed by atoms with Gasteiger partial charge < -0.3 is 14.9 Å². The fourth-order valence-corrected chi connectivity index (χ4v) is 5.91. The molecule has 2 atom stereocenters. The van der Waals surface area contributed by atoms with E-state index in [-0.39, 0.29) is 18.6 Å². The highest BCUT2D eigenvalue weighted by Crippen LogP contribution is 2.39. The van der Waals surface area contributed by atoms with Crippen molar-refractivity contribution in [2.24, 2.45) is 10.1 Å². The number of carbonyl (C=O) groups is 1. The Kier molecular flexibility index (Phi) is 9.17. The Bertz CT molecular complexity index is 1140. The molecule has 0 saturated carbocycles. The second-order valence-electron chi connectivity index (χ2n) is 8.69. The van der Waals surface area contributed by atoms with Crippen molar-refractivity contribution in [2.75, 3.05) is 30.3 Å². The van der Waals surface area contributed by atoms with Crippen LogP contribution in [0.2, 0.25) is 10.0 Å². The van der Waals surface area contributed by atoms with E-state index in [1.54, 1.807) is 11.9 Å². The summed E-state index contributed by atoms with van der Waals surface area (Å²) in [5, 5.41) is 15.3. The molecule has 2 aromatic rings. The average Bonchev–Trinajstić information content (AvgIpc) is 3.22. The highest BCUT2D eigenvalue weighted by Gasteiger charge is 2.40. The van der Waals surface area contributed by atoms with Crippen molar-refractivity contribution in [3.63, 3.8) is 0 Å². The summed E-state index contributed by atoms with van der Waals surface area (Å²) in [5.74, 6) is 0.0523. The molecule has 0 saturated heterocycles. The molecule has 0 aromatic heterocycles. The van der Waals surface area contributed by atoms with Crippen molar-refractivity contribution in [2.45, 2.75) is 45.3 Å². The predicted octanol–water partition coefficient (Wildman–Crippen LogP) is 5.85. The van der Waals surface area contributed by atoms with Crippen LogP contribution < -0.4 is 4.90 Å². The second kappa shape index (κ2) is 12.3. The number of halogens is 2. The molecule has 2 aliphatic rings. The summed E-state index contributed by atoms with van der Waals surface area (Å²) in [6, 6.07) is 12.9. The molecule has 36 heavy (non-hydrogen) atoms. The van der Waals surface area contributed by atoms with E-state index in [0.29, 0.717) is 22.2 Å². The van der Waals surface area contributed by atoms with Crippen LogP contribution in [0.4, 0.5) is 5.69 Å². The first-order chi connectivity index (χ1) is 17.4. The number of fused-ring (bicyclic) bond motifs is 3. The minimum atomic E-state index is -0.849. The van der Waals surface area contributed by atoms with Crippen molar-refractivity contribution in [1.29, 1.82) is 0 Å². The topological polar surface area (TPSA) is 71.7 Å². The zero-order valence-electron chi connectivity index (χ0n) is 20.5. The molecule has 0 bridgehead atoms. The molecular formula is C26H31Cl2N5O2S. The van der Waals surface area contributed by atoms with E-state index in [1.807, 2.05) is 53.2 Å². The zero-order valence-corrected chi connectivity index (χ0v) is 22.8. The van der Waals surface area contributed by atoms with Crippen molar-refractivity contribution in [3.05, 3.63) is 63.6 Å². The third-order valence-corrected chi connectivity index (χ3v) is 8.06. The van der Waals surface area contributed by atoms with Crippen molar-refractivity contribution in [3.8, 4) is 0 Å². The van der Waals surface area contributed by atoms with E-state index in [0.717, 1.165) is 48.6 Å². The summed E-state index contributed by atoms with van der Waals surface area (Å²) < 4.78 is 1.98. The molecule has 0 aliphatic carbocycles. The van der Waals surface area contributed by atoms with Crippen LogP contribution in [-0.2, 0) is 4.79 Å². The van der Waals surface area contributed by atoms with Gasteiger partial charge in [0.2, 0.25) is 0 Å². The average molecular weight is 549 g/mol. The summed E-state index contributed by atoms with van der Waals surface area (Å²) in [6.07, 6.45) is 2.96. The lowest BCUT2D eigenvalue weighted by molar-refractivity contribution is -0.137. The van der Waals surface area contributed by atoms with Gasteiger partial charge in [-0.1, -0.05) is 55.2 Å². The molecule has 2 aromatic carbocycles. The van der Waals surface area contributed by atoms with E-state index < -0.39 is 5.97 Å². The van der Waals surface area contributed by atoms with Gasteiger partial charge in [0.1, 0.15) is 6.34 Å². The van der Waals surface area contributed by atoms with Gasteiger partial charge in [-0.05, 0) is 68.7 Å².